The molecule has 5 rings (SSSR count). The maximum absolute atomic E-state index is 13.9. The summed E-state index contributed by atoms with van der Waals surface area (Å²) in [5.74, 6) is 1.08. The van der Waals surface area contributed by atoms with Gasteiger partial charge in [-0.15, -0.1) is 0 Å². The molecule has 2 N–H and O–H groups in total. The zero-order valence-corrected chi connectivity index (χ0v) is 26.4. The lowest BCUT2D eigenvalue weighted by atomic mass is 10.0. The molecule has 2 heterocycles. The number of nitrogens with zero attached hydrogens (tertiary/aromatic N) is 2. The van der Waals surface area contributed by atoms with Crippen molar-refractivity contribution in [1.29, 1.82) is 0 Å². The highest BCUT2D eigenvalue weighted by atomic mass is 16.5. The lowest BCUT2D eigenvalue weighted by Gasteiger charge is -2.25. The molecule has 0 aliphatic carbocycles. The van der Waals surface area contributed by atoms with Gasteiger partial charge in [-0.2, -0.15) is 0 Å². The fraction of sp³-hybridized carbons (Fsp3) is 0.314. The van der Waals surface area contributed by atoms with Crippen molar-refractivity contribution in [2.45, 2.75) is 39.3 Å². The Balaban J connectivity index is 1.48. The number of carbonyl (C=O) groups is 3. The number of ether oxygens (including phenoxy) is 3. The summed E-state index contributed by atoms with van der Waals surface area (Å²) in [5.41, 5.74) is 3.31. The van der Waals surface area contributed by atoms with Crippen molar-refractivity contribution in [2.24, 2.45) is 0 Å². The summed E-state index contributed by atoms with van der Waals surface area (Å²) in [4.78, 5) is 47.0. The predicted molar refractivity (Wildman–Crippen MR) is 171 cm³/mol. The molecule has 0 spiro atoms. The number of hydrogen-bond acceptors (Lipinski definition) is 8. The molecule has 1 aromatic heterocycles. The quantitative estimate of drug-likeness (QED) is 0.336. The minimum absolute atomic E-state index is 0.0899. The molecule has 0 fully saturated rings. The maximum atomic E-state index is 13.9. The number of methoxy groups -OCH3 is 2. The Hall–Kier alpha value is -5.32. The fourth-order valence-corrected chi connectivity index (χ4v) is 5.25. The number of hydrogen-bond donors (Lipinski definition) is 2. The average Bonchev–Trinajstić information content (AvgIpc) is 3.44. The van der Waals surface area contributed by atoms with Crippen molar-refractivity contribution in [3.8, 4) is 28.7 Å². The Bertz CT molecular complexity index is 1700. The standard InChI is InChI=1S/C35H38N4O7/c1-22-11-13-29(43-3)26(17-22)35(42)39-15-8-16-45-31-19-25(12-14-30(31)44-4)34-38-28(23(2)46-34)20-36-33(41)27(37-32(40)21-39)18-24-9-6-5-7-10-24/h5-7,9-14,17,19,27H,8,15-16,18,20-21H2,1-4H3,(H,36,41)(H,37,40)/t27-/m1/s1. The molecule has 46 heavy (non-hydrogen) atoms. The van der Waals surface area contributed by atoms with E-state index in [4.69, 9.17) is 18.6 Å². The van der Waals surface area contributed by atoms with Gasteiger partial charge in [0, 0.05) is 18.5 Å². The van der Waals surface area contributed by atoms with Gasteiger partial charge >= 0.3 is 0 Å². The molecule has 0 radical (unpaired) electrons. The molecule has 0 saturated heterocycles. The van der Waals surface area contributed by atoms with Crippen molar-refractivity contribution in [1.82, 2.24) is 20.5 Å². The molecule has 0 saturated carbocycles. The lowest BCUT2D eigenvalue weighted by molar-refractivity contribution is -0.129. The number of oxazole rings is 1. The van der Waals surface area contributed by atoms with E-state index in [-0.39, 0.29) is 44.5 Å². The van der Waals surface area contributed by atoms with Crippen LogP contribution < -0.4 is 24.8 Å². The zero-order chi connectivity index (χ0) is 32.6. The van der Waals surface area contributed by atoms with Gasteiger partial charge < -0.3 is 34.2 Å². The van der Waals surface area contributed by atoms with E-state index < -0.39 is 11.9 Å². The molecule has 1 aliphatic rings. The number of nitrogens with one attached hydrogen (secondary N) is 2. The van der Waals surface area contributed by atoms with Crippen LogP contribution in [-0.2, 0) is 22.6 Å². The van der Waals surface area contributed by atoms with E-state index in [1.165, 1.54) is 12.0 Å². The van der Waals surface area contributed by atoms with E-state index >= 15 is 0 Å². The Kier molecular flexibility index (Phi) is 10.2. The monoisotopic (exact) mass is 626 g/mol. The van der Waals surface area contributed by atoms with Crippen LogP contribution in [0.5, 0.6) is 17.2 Å². The first-order chi connectivity index (χ1) is 22.2. The highest BCUT2D eigenvalue weighted by Gasteiger charge is 2.27. The van der Waals surface area contributed by atoms with Crippen LogP contribution in [-0.4, -0.2) is 67.6 Å². The Labute approximate surface area is 267 Å². The average molecular weight is 627 g/mol. The van der Waals surface area contributed by atoms with Gasteiger partial charge in [-0.1, -0.05) is 42.0 Å². The number of aryl methyl sites for hydroxylation is 2. The summed E-state index contributed by atoms with van der Waals surface area (Å²) >= 11 is 0. The van der Waals surface area contributed by atoms with Crippen LogP contribution in [0.2, 0.25) is 0 Å². The minimum Gasteiger partial charge on any atom is -0.496 e. The summed E-state index contributed by atoms with van der Waals surface area (Å²) in [6.45, 7) is 3.89. The molecule has 4 bridgehead atoms. The fourth-order valence-electron chi connectivity index (χ4n) is 5.25. The Morgan fingerprint density at radius 1 is 1.00 bits per heavy atom. The summed E-state index contributed by atoms with van der Waals surface area (Å²) < 4.78 is 23.0. The zero-order valence-electron chi connectivity index (χ0n) is 26.4. The first kappa shape index (κ1) is 32.1. The van der Waals surface area contributed by atoms with Crippen LogP contribution >= 0.6 is 0 Å². The number of rotatable bonds is 5. The van der Waals surface area contributed by atoms with Gasteiger partial charge in [0.05, 0.1) is 39.5 Å². The lowest BCUT2D eigenvalue weighted by Crippen LogP contribution is -2.51. The number of fused-ring (bicyclic) bond motifs is 5. The van der Waals surface area contributed by atoms with Crippen molar-refractivity contribution < 1.29 is 33.0 Å². The van der Waals surface area contributed by atoms with E-state index in [2.05, 4.69) is 15.6 Å². The number of aromatic nitrogens is 1. The van der Waals surface area contributed by atoms with Gasteiger partial charge in [-0.05, 0) is 56.2 Å². The van der Waals surface area contributed by atoms with Gasteiger partial charge in [0.1, 0.15) is 23.2 Å². The highest BCUT2D eigenvalue weighted by Crippen LogP contribution is 2.33. The third-order valence-corrected chi connectivity index (χ3v) is 7.70. The van der Waals surface area contributed by atoms with Crippen molar-refractivity contribution in [3.63, 3.8) is 0 Å². The number of benzene rings is 3. The molecule has 1 atom stereocenters. The predicted octanol–water partition coefficient (Wildman–Crippen LogP) is 4.24. The third kappa shape index (κ3) is 7.66. The van der Waals surface area contributed by atoms with Gasteiger partial charge in [0.25, 0.3) is 5.91 Å². The Morgan fingerprint density at radius 3 is 2.52 bits per heavy atom. The topological polar surface area (TPSA) is 132 Å². The molecular formula is C35H38N4O7. The van der Waals surface area contributed by atoms with Gasteiger partial charge in [-0.3, -0.25) is 14.4 Å². The van der Waals surface area contributed by atoms with E-state index in [1.54, 1.807) is 38.3 Å². The maximum Gasteiger partial charge on any atom is 0.258 e. The summed E-state index contributed by atoms with van der Waals surface area (Å²) in [6.07, 6.45) is 0.653. The second kappa shape index (κ2) is 14.6. The number of amides is 3. The molecular weight excluding hydrogens is 588 g/mol. The molecule has 1 aliphatic heterocycles. The first-order valence-corrected chi connectivity index (χ1v) is 15.1. The molecule has 11 heteroatoms. The SMILES string of the molecule is COc1ccc2cc1OCCCN(C(=O)c1cc(C)ccc1OC)CC(=O)N[C@H](Cc1ccccc1)C(=O)NCc1nc-2oc1C. The molecule has 240 valence electrons. The van der Waals surface area contributed by atoms with Crippen LogP contribution in [0.3, 0.4) is 0 Å². The first-order valence-electron chi connectivity index (χ1n) is 15.1. The largest absolute Gasteiger partial charge is 0.496 e. The number of carbonyl (C=O) groups excluding carboxylic acids is 3. The second-order valence-corrected chi connectivity index (χ2v) is 11.0. The van der Waals surface area contributed by atoms with Crippen LogP contribution in [0.1, 0.15) is 39.4 Å². The molecule has 3 aromatic carbocycles. The van der Waals surface area contributed by atoms with E-state index in [9.17, 15) is 14.4 Å². The Morgan fingerprint density at radius 2 is 1.76 bits per heavy atom. The van der Waals surface area contributed by atoms with E-state index in [0.717, 1.165) is 11.1 Å². The summed E-state index contributed by atoms with van der Waals surface area (Å²) in [5, 5.41) is 5.76. The van der Waals surface area contributed by atoms with Gasteiger partial charge in [0.2, 0.25) is 17.7 Å². The normalized spacial score (nSPS) is 15.9. The summed E-state index contributed by atoms with van der Waals surface area (Å²) in [7, 11) is 3.05. The molecule has 0 unspecified atom stereocenters. The van der Waals surface area contributed by atoms with Crippen molar-refractivity contribution in [3.05, 3.63) is 94.9 Å². The molecule has 3 amide bonds. The summed E-state index contributed by atoms with van der Waals surface area (Å²) in [6, 6.07) is 19.2. The van der Waals surface area contributed by atoms with Crippen LogP contribution in [0.4, 0.5) is 0 Å². The minimum atomic E-state index is -0.904. The third-order valence-electron chi connectivity index (χ3n) is 7.70. The molecule has 11 nitrogen and oxygen atoms in total. The van der Waals surface area contributed by atoms with Crippen LogP contribution in [0.25, 0.3) is 11.5 Å². The second-order valence-electron chi connectivity index (χ2n) is 11.0. The van der Waals surface area contributed by atoms with Crippen LogP contribution in [0, 0.1) is 13.8 Å². The van der Waals surface area contributed by atoms with Gasteiger partial charge in [-0.25, -0.2) is 4.98 Å². The van der Waals surface area contributed by atoms with Crippen molar-refractivity contribution in [2.75, 3.05) is 33.9 Å². The van der Waals surface area contributed by atoms with E-state index in [0.29, 0.717) is 52.1 Å². The van der Waals surface area contributed by atoms with Crippen LogP contribution in [0.15, 0.2) is 71.1 Å². The smallest absolute Gasteiger partial charge is 0.258 e. The molecule has 4 aromatic rings. The highest BCUT2D eigenvalue weighted by molar-refractivity contribution is 5.99. The van der Waals surface area contributed by atoms with Gasteiger partial charge in [0.15, 0.2) is 11.5 Å². The van der Waals surface area contributed by atoms with Crippen molar-refractivity contribution >= 4 is 17.7 Å². The van der Waals surface area contributed by atoms with E-state index in [1.807, 2.05) is 49.4 Å².